The molecule has 178 valence electrons. The second kappa shape index (κ2) is 12.2. The lowest BCUT2D eigenvalue weighted by molar-refractivity contribution is -0.140. The topological polar surface area (TPSA) is 124 Å². The predicted octanol–water partition coefficient (Wildman–Crippen LogP) is 3.30. The summed E-state index contributed by atoms with van der Waals surface area (Å²) in [4.78, 5) is 42.7. The number of nitrogens with zero attached hydrogens (tertiary/aromatic N) is 2. The van der Waals surface area contributed by atoms with Crippen molar-refractivity contribution in [3.8, 4) is 0 Å². The summed E-state index contributed by atoms with van der Waals surface area (Å²) >= 11 is 0. The lowest BCUT2D eigenvalue weighted by Crippen LogP contribution is -2.42. The second-order valence-corrected chi connectivity index (χ2v) is 8.81. The van der Waals surface area contributed by atoms with Crippen molar-refractivity contribution >= 4 is 34.4 Å². The number of carbonyl (C=O) groups excluding carboxylic acids is 3. The number of nitrogens with one attached hydrogen (secondary N) is 3. The first-order valence-electron chi connectivity index (χ1n) is 11.6. The molecule has 1 fully saturated rings. The zero-order valence-corrected chi connectivity index (χ0v) is 19.0. The quantitative estimate of drug-likeness (QED) is 0.323. The van der Waals surface area contributed by atoms with Crippen molar-refractivity contribution < 1.29 is 19.6 Å². The van der Waals surface area contributed by atoms with Gasteiger partial charge in [0.15, 0.2) is 0 Å². The number of hydrogen-bond donors (Lipinski definition) is 4. The number of hydroxylamine groups is 1. The van der Waals surface area contributed by atoms with E-state index in [9.17, 15) is 14.4 Å². The number of amides is 4. The number of hydrogen-bond acceptors (Lipinski definition) is 5. The van der Waals surface area contributed by atoms with Crippen LogP contribution in [0.1, 0.15) is 45.4 Å². The van der Waals surface area contributed by atoms with Gasteiger partial charge >= 0.3 is 6.03 Å². The Labute approximate surface area is 193 Å². The maximum Gasteiger partial charge on any atom is 0.319 e. The van der Waals surface area contributed by atoms with E-state index in [1.54, 1.807) is 17.7 Å². The highest BCUT2D eigenvalue weighted by molar-refractivity contribution is 5.99. The van der Waals surface area contributed by atoms with Crippen molar-refractivity contribution in [3.05, 3.63) is 36.5 Å². The van der Waals surface area contributed by atoms with E-state index < -0.39 is 5.91 Å². The van der Waals surface area contributed by atoms with Gasteiger partial charge in [0.2, 0.25) is 5.91 Å². The van der Waals surface area contributed by atoms with Gasteiger partial charge in [0.25, 0.3) is 5.91 Å². The average Bonchev–Trinajstić information content (AvgIpc) is 3.34. The normalized spacial score (nSPS) is 14.6. The van der Waals surface area contributed by atoms with E-state index in [2.05, 4.69) is 15.6 Å². The summed E-state index contributed by atoms with van der Waals surface area (Å²) in [6.07, 6.45) is 7.49. The third kappa shape index (κ3) is 7.42. The van der Waals surface area contributed by atoms with Crippen molar-refractivity contribution in [2.45, 2.75) is 45.4 Å². The minimum Gasteiger partial charge on any atom is -0.338 e. The molecule has 3 rings (SSSR count). The van der Waals surface area contributed by atoms with Gasteiger partial charge in [-0.2, -0.15) is 0 Å². The minimum atomic E-state index is -0.608. The molecule has 0 radical (unpaired) electrons. The number of anilines is 1. The highest BCUT2D eigenvalue weighted by Gasteiger charge is 2.22. The summed E-state index contributed by atoms with van der Waals surface area (Å²) in [6.45, 7) is 2.50. The average molecular weight is 456 g/mol. The van der Waals surface area contributed by atoms with Gasteiger partial charge < -0.3 is 15.5 Å². The standard InChI is InChI=1S/C24H33N5O4/c1-17(14-22(31)29(16-21(30)28-33)13-11-18-6-2-3-7-18)15-26-24(32)27-20-10-4-8-19-9-5-12-25-23(19)20/h4-5,8-10,12,17-18,33H,2-3,6-7,11,13-16H2,1H3,(H,28,30)(H2,26,27,32)/t17-/m0/s1. The first kappa shape index (κ1) is 24.4. The fraction of sp³-hybridized carbons (Fsp3) is 0.500. The lowest BCUT2D eigenvalue weighted by Gasteiger charge is -2.25. The smallest absolute Gasteiger partial charge is 0.319 e. The number of pyridine rings is 1. The van der Waals surface area contributed by atoms with Crippen LogP contribution in [-0.4, -0.2) is 52.6 Å². The van der Waals surface area contributed by atoms with E-state index >= 15 is 0 Å². The Bertz CT molecular complexity index is 956. The van der Waals surface area contributed by atoms with Crippen LogP contribution in [0.25, 0.3) is 10.9 Å². The monoisotopic (exact) mass is 455 g/mol. The molecule has 1 saturated carbocycles. The largest absolute Gasteiger partial charge is 0.338 e. The molecule has 9 nitrogen and oxygen atoms in total. The van der Waals surface area contributed by atoms with Gasteiger partial charge in [-0.25, -0.2) is 10.3 Å². The summed E-state index contributed by atoms with van der Waals surface area (Å²) in [6, 6.07) is 8.96. The van der Waals surface area contributed by atoms with Gasteiger partial charge in [0.05, 0.1) is 11.2 Å². The molecular formula is C24H33N5O4. The molecular weight excluding hydrogens is 422 g/mol. The SMILES string of the molecule is C[C@H](CNC(=O)Nc1cccc2cccnc12)CC(=O)N(CCC1CCCC1)CC(=O)NO. The molecule has 1 aromatic heterocycles. The van der Waals surface area contributed by atoms with Crippen LogP contribution in [0.2, 0.25) is 0 Å². The number of urea groups is 1. The molecule has 1 aliphatic carbocycles. The van der Waals surface area contributed by atoms with Crippen LogP contribution in [0, 0.1) is 11.8 Å². The molecule has 0 bridgehead atoms. The van der Waals surface area contributed by atoms with Crippen LogP contribution in [0.15, 0.2) is 36.5 Å². The second-order valence-electron chi connectivity index (χ2n) is 8.81. The number of para-hydroxylation sites is 1. The molecule has 1 atom stereocenters. The van der Waals surface area contributed by atoms with Gasteiger partial charge in [-0.3, -0.25) is 19.8 Å². The number of rotatable bonds is 10. The number of benzene rings is 1. The highest BCUT2D eigenvalue weighted by Crippen LogP contribution is 2.27. The molecule has 2 aromatic rings. The van der Waals surface area contributed by atoms with Crippen molar-refractivity contribution in [3.63, 3.8) is 0 Å². The van der Waals surface area contributed by atoms with Crippen molar-refractivity contribution in [1.29, 1.82) is 0 Å². The molecule has 1 aromatic carbocycles. The molecule has 33 heavy (non-hydrogen) atoms. The van der Waals surface area contributed by atoms with Crippen LogP contribution in [0.3, 0.4) is 0 Å². The summed E-state index contributed by atoms with van der Waals surface area (Å²) in [5.41, 5.74) is 2.92. The maximum absolute atomic E-state index is 12.8. The Morgan fingerprint density at radius 2 is 1.94 bits per heavy atom. The van der Waals surface area contributed by atoms with Crippen LogP contribution >= 0.6 is 0 Å². The third-order valence-corrected chi connectivity index (χ3v) is 6.11. The molecule has 0 aliphatic heterocycles. The van der Waals surface area contributed by atoms with Gasteiger partial charge in [0.1, 0.15) is 6.54 Å². The molecule has 0 saturated heterocycles. The van der Waals surface area contributed by atoms with Gasteiger partial charge in [-0.1, -0.05) is 50.8 Å². The Morgan fingerprint density at radius 3 is 2.70 bits per heavy atom. The summed E-state index contributed by atoms with van der Waals surface area (Å²) in [7, 11) is 0. The van der Waals surface area contributed by atoms with Crippen molar-refractivity contribution in [1.82, 2.24) is 20.7 Å². The number of carbonyl (C=O) groups is 3. The molecule has 1 aliphatic rings. The lowest BCUT2D eigenvalue weighted by atomic mass is 10.0. The Balaban J connectivity index is 1.48. The van der Waals surface area contributed by atoms with Crippen LogP contribution < -0.4 is 16.1 Å². The van der Waals surface area contributed by atoms with E-state index in [-0.39, 0.29) is 30.8 Å². The highest BCUT2D eigenvalue weighted by atomic mass is 16.5. The van der Waals surface area contributed by atoms with E-state index in [4.69, 9.17) is 5.21 Å². The number of fused-ring (bicyclic) bond motifs is 1. The van der Waals surface area contributed by atoms with Crippen LogP contribution in [0.5, 0.6) is 0 Å². The van der Waals surface area contributed by atoms with Crippen molar-refractivity contribution in [2.75, 3.05) is 25.0 Å². The predicted molar refractivity (Wildman–Crippen MR) is 126 cm³/mol. The van der Waals surface area contributed by atoms with Gasteiger partial charge in [-0.05, 0) is 30.4 Å². The Hall–Kier alpha value is -3.20. The van der Waals surface area contributed by atoms with Gasteiger partial charge in [-0.15, -0.1) is 0 Å². The van der Waals surface area contributed by atoms with Crippen LogP contribution in [-0.2, 0) is 9.59 Å². The van der Waals surface area contributed by atoms with Gasteiger partial charge in [0, 0.05) is 31.1 Å². The molecule has 9 heteroatoms. The van der Waals surface area contributed by atoms with E-state index in [0.717, 1.165) is 24.6 Å². The maximum atomic E-state index is 12.8. The zero-order chi connectivity index (χ0) is 23.6. The summed E-state index contributed by atoms with van der Waals surface area (Å²) < 4.78 is 0. The first-order valence-corrected chi connectivity index (χ1v) is 11.6. The van der Waals surface area contributed by atoms with Crippen molar-refractivity contribution in [2.24, 2.45) is 11.8 Å². The van der Waals surface area contributed by atoms with E-state index in [0.29, 0.717) is 30.2 Å². The molecule has 0 spiro atoms. The summed E-state index contributed by atoms with van der Waals surface area (Å²) in [5, 5.41) is 15.4. The summed E-state index contributed by atoms with van der Waals surface area (Å²) in [5.74, 6) is -0.308. The Kier molecular flexibility index (Phi) is 9.00. The fourth-order valence-corrected chi connectivity index (χ4v) is 4.28. The van der Waals surface area contributed by atoms with E-state index in [1.165, 1.54) is 17.7 Å². The molecule has 1 heterocycles. The molecule has 4 N–H and O–H groups in total. The third-order valence-electron chi connectivity index (χ3n) is 6.11. The number of aromatic nitrogens is 1. The van der Waals surface area contributed by atoms with E-state index in [1.807, 2.05) is 31.2 Å². The fourth-order valence-electron chi connectivity index (χ4n) is 4.28. The zero-order valence-electron chi connectivity index (χ0n) is 19.0. The minimum absolute atomic E-state index is 0.125. The van der Waals surface area contributed by atoms with Crippen LogP contribution in [0.4, 0.5) is 10.5 Å². The molecule has 0 unspecified atom stereocenters. The first-order chi connectivity index (χ1) is 16.0. The molecule has 4 amide bonds. The Morgan fingerprint density at radius 1 is 1.18 bits per heavy atom.